The van der Waals surface area contributed by atoms with Crippen molar-refractivity contribution in [2.75, 3.05) is 0 Å². The molecule has 0 fully saturated rings. The number of carbonyl (C=O) groups excluding carboxylic acids is 1. The lowest BCUT2D eigenvalue weighted by Crippen LogP contribution is -2.06. The van der Waals surface area contributed by atoms with Crippen LogP contribution in [0.3, 0.4) is 0 Å². The van der Waals surface area contributed by atoms with Crippen molar-refractivity contribution in [3.05, 3.63) is 77.5 Å². The van der Waals surface area contributed by atoms with E-state index in [-0.39, 0.29) is 11.5 Å². The largest absolute Gasteiger partial charge is 0.458 e. The van der Waals surface area contributed by atoms with Gasteiger partial charge in [0.05, 0.1) is 11.0 Å². The number of carbonyl (C=O) groups is 1. The molecular formula is C16H13FO4S. The number of ether oxygens (including phenoxy) is 1. The average molecular weight is 320 g/mol. The molecule has 6 heteroatoms. The number of rotatable bonds is 5. The van der Waals surface area contributed by atoms with Crippen molar-refractivity contribution >= 4 is 15.8 Å². The Bertz CT molecular complexity index is 768. The minimum Gasteiger partial charge on any atom is -0.458 e. The van der Waals surface area contributed by atoms with Gasteiger partial charge in [0.2, 0.25) is 15.0 Å². The lowest BCUT2D eigenvalue weighted by Gasteiger charge is -2.03. The van der Waals surface area contributed by atoms with Gasteiger partial charge in [-0.25, -0.2) is 13.2 Å². The molecule has 0 unspecified atom stereocenters. The van der Waals surface area contributed by atoms with Gasteiger partial charge in [0.15, 0.2) is 0 Å². The Balaban J connectivity index is 2.07. The van der Waals surface area contributed by atoms with Crippen molar-refractivity contribution in [3.63, 3.8) is 0 Å². The quantitative estimate of drug-likeness (QED) is 0.627. The van der Waals surface area contributed by atoms with Gasteiger partial charge in [-0.05, 0) is 17.7 Å². The van der Waals surface area contributed by atoms with Crippen LogP contribution in [0.5, 0.6) is 0 Å². The monoisotopic (exact) mass is 320 g/mol. The molecule has 0 N–H and O–H groups in total. The topological polar surface area (TPSA) is 60.4 Å². The first-order valence-electron chi connectivity index (χ1n) is 6.38. The predicted octanol–water partition coefficient (Wildman–Crippen LogP) is 3.01. The van der Waals surface area contributed by atoms with Gasteiger partial charge >= 0.3 is 5.97 Å². The van der Waals surface area contributed by atoms with Crippen LogP contribution < -0.4 is 0 Å². The Morgan fingerprint density at radius 3 is 2.14 bits per heavy atom. The second kappa shape index (κ2) is 7.00. The maximum atomic E-state index is 13.8. The SMILES string of the molecule is O=C(/C=C(/F)S(=O)(=O)c1ccccc1)OCc1ccccc1. The van der Waals surface area contributed by atoms with Crippen molar-refractivity contribution in [1.29, 1.82) is 0 Å². The second-order valence-corrected chi connectivity index (χ2v) is 6.23. The van der Waals surface area contributed by atoms with E-state index < -0.39 is 21.0 Å². The number of hydrogen-bond acceptors (Lipinski definition) is 4. The Kier molecular flexibility index (Phi) is 5.06. The second-order valence-electron chi connectivity index (χ2n) is 4.36. The Morgan fingerprint density at radius 1 is 1.00 bits per heavy atom. The molecule has 2 aromatic carbocycles. The summed E-state index contributed by atoms with van der Waals surface area (Å²) in [7, 11) is -4.32. The van der Waals surface area contributed by atoms with Crippen LogP contribution in [0, 0.1) is 0 Å². The molecule has 0 aliphatic rings. The van der Waals surface area contributed by atoms with Crippen molar-refractivity contribution in [3.8, 4) is 0 Å². The summed E-state index contributed by atoms with van der Waals surface area (Å²) in [6.45, 7) is -0.0607. The Morgan fingerprint density at radius 2 is 1.55 bits per heavy atom. The van der Waals surface area contributed by atoms with E-state index in [1.165, 1.54) is 24.3 Å². The third-order valence-electron chi connectivity index (χ3n) is 2.77. The summed E-state index contributed by atoms with van der Waals surface area (Å²) in [6, 6.07) is 15.8. The summed E-state index contributed by atoms with van der Waals surface area (Å²) in [5, 5.41) is -1.54. The number of hydrogen-bond donors (Lipinski definition) is 0. The van der Waals surface area contributed by atoms with Crippen LogP contribution >= 0.6 is 0 Å². The molecule has 114 valence electrons. The average Bonchev–Trinajstić information content (AvgIpc) is 2.54. The van der Waals surface area contributed by atoms with E-state index >= 15 is 0 Å². The van der Waals surface area contributed by atoms with Gasteiger partial charge in [-0.15, -0.1) is 0 Å². The zero-order valence-corrected chi connectivity index (χ0v) is 12.3. The minimum atomic E-state index is -4.32. The predicted molar refractivity (Wildman–Crippen MR) is 79.1 cm³/mol. The standard InChI is InChI=1S/C16H13FO4S/c17-15(22(19,20)14-9-5-2-6-10-14)11-16(18)21-12-13-7-3-1-4-8-13/h1-11H,12H2/b15-11-. The normalized spacial score (nSPS) is 12.0. The molecule has 0 aliphatic heterocycles. The molecule has 0 saturated heterocycles. The van der Waals surface area contributed by atoms with Crippen LogP contribution in [-0.2, 0) is 26.0 Å². The third-order valence-corrected chi connectivity index (χ3v) is 4.29. The molecule has 0 aromatic heterocycles. The number of benzene rings is 2. The molecule has 0 spiro atoms. The van der Waals surface area contributed by atoms with Crippen LogP contribution in [-0.4, -0.2) is 14.4 Å². The van der Waals surface area contributed by atoms with E-state index in [4.69, 9.17) is 4.74 Å². The summed E-state index contributed by atoms with van der Waals surface area (Å²) >= 11 is 0. The molecule has 0 amide bonds. The smallest absolute Gasteiger partial charge is 0.334 e. The number of sulfone groups is 1. The molecule has 4 nitrogen and oxygen atoms in total. The first-order chi connectivity index (χ1) is 10.5. The molecule has 0 atom stereocenters. The van der Waals surface area contributed by atoms with Crippen LogP contribution in [0.2, 0.25) is 0 Å². The Hall–Kier alpha value is -2.47. The molecule has 0 radical (unpaired) electrons. The third kappa shape index (κ3) is 4.02. The summed E-state index contributed by atoms with van der Waals surface area (Å²) in [4.78, 5) is 11.3. The van der Waals surface area contributed by atoms with E-state index in [2.05, 4.69) is 0 Å². The van der Waals surface area contributed by atoms with Crippen LogP contribution in [0.4, 0.5) is 4.39 Å². The van der Waals surface area contributed by atoms with Crippen molar-refractivity contribution < 1.29 is 22.3 Å². The summed E-state index contributed by atoms with van der Waals surface area (Å²) in [6.07, 6.45) is 0.339. The van der Waals surface area contributed by atoms with Gasteiger partial charge in [-0.2, -0.15) is 4.39 Å². The molecule has 2 rings (SSSR count). The molecule has 0 heterocycles. The van der Waals surface area contributed by atoms with E-state index in [0.717, 1.165) is 5.56 Å². The highest BCUT2D eigenvalue weighted by molar-refractivity contribution is 7.95. The molecule has 0 bridgehead atoms. The van der Waals surface area contributed by atoms with Crippen LogP contribution in [0.1, 0.15) is 5.56 Å². The maximum Gasteiger partial charge on any atom is 0.334 e. The zero-order chi connectivity index (χ0) is 16.0. The van der Waals surface area contributed by atoms with Gasteiger partial charge < -0.3 is 4.74 Å². The zero-order valence-electron chi connectivity index (χ0n) is 11.5. The van der Waals surface area contributed by atoms with E-state index in [0.29, 0.717) is 6.08 Å². The summed E-state index contributed by atoms with van der Waals surface area (Å²) < 4.78 is 42.4. The van der Waals surface area contributed by atoms with E-state index in [9.17, 15) is 17.6 Å². The lowest BCUT2D eigenvalue weighted by molar-refractivity contribution is -0.139. The Labute approximate surface area is 127 Å². The minimum absolute atomic E-state index is 0.0607. The maximum absolute atomic E-state index is 13.8. The van der Waals surface area contributed by atoms with Gasteiger partial charge in [0, 0.05) is 0 Å². The van der Waals surface area contributed by atoms with Gasteiger partial charge in [-0.1, -0.05) is 48.5 Å². The van der Waals surface area contributed by atoms with Crippen molar-refractivity contribution in [2.45, 2.75) is 11.5 Å². The number of esters is 1. The summed E-state index contributed by atoms with van der Waals surface area (Å²) in [5.41, 5.74) is 0.718. The summed E-state index contributed by atoms with van der Waals surface area (Å²) in [5.74, 6) is -1.05. The highest BCUT2D eigenvalue weighted by atomic mass is 32.2. The fourth-order valence-electron chi connectivity index (χ4n) is 1.65. The molecule has 22 heavy (non-hydrogen) atoms. The molecular weight excluding hydrogens is 307 g/mol. The molecule has 0 saturated carbocycles. The van der Waals surface area contributed by atoms with Crippen LogP contribution in [0.25, 0.3) is 0 Å². The molecule has 2 aromatic rings. The molecule has 0 aliphatic carbocycles. The fourth-order valence-corrected chi connectivity index (χ4v) is 2.64. The first-order valence-corrected chi connectivity index (χ1v) is 7.86. The van der Waals surface area contributed by atoms with Gasteiger partial charge in [0.1, 0.15) is 6.61 Å². The van der Waals surface area contributed by atoms with E-state index in [1.54, 1.807) is 36.4 Å². The highest BCUT2D eigenvalue weighted by Gasteiger charge is 2.22. The highest BCUT2D eigenvalue weighted by Crippen LogP contribution is 2.19. The lowest BCUT2D eigenvalue weighted by atomic mass is 10.2. The van der Waals surface area contributed by atoms with Gasteiger partial charge in [0.25, 0.3) is 0 Å². The fraction of sp³-hybridized carbons (Fsp3) is 0.0625. The van der Waals surface area contributed by atoms with Crippen molar-refractivity contribution in [2.24, 2.45) is 0 Å². The van der Waals surface area contributed by atoms with Crippen molar-refractivity contribution in [1.82, 2.24) is 0 Å². The van der Waals surface area contributed by atoms with E-state index in [1.807, 2.05) is 0 Å². The van der Waals surface area contributed by atoms with Gasteiger partial charge in [-0.3, -0.25) is 0 Å². The van der Waals surface area contributed by atoms with Crippen LogP contribution in [0.15, 0.2) is 76.8 Å². The first kappa shape index (κ1) is 15.9. The number of halogens is 1.